The van der Waals surface area contributed by atoms with E-state index in [4.69, 9.17) is 33.2 Å². The molecule has 2 heterocycles. The topological polar surface area (TPSA) is 153 Å². The molecular formula is C23H36O12. The first-order valence-electron chi connectivity index (χ1n) is 11.6. The molecule has 2 fully saturated rings. The second-order valence-electron chi connectivity index (χ2n) is 8.86. The predicted octanol–water partition coefficient (Wildman–Crippen LogP) is 0.854. The van der Waals surface area contributed by atoms with Crippen LogP contribution in [0.1, 0.15) is 54.9 Å². The third kappa shape index (κ3) is 7.60. The Morgan fingerprint density at radius 1 is 0.714 bits per heavy atom. The van der Waals surface area contributed by atoms with Crippen molar-refractivity contribution in [1.82, 2.24) is 0 Å². The molecule has 2 aliphatic heterocycles. The first-order chi connectivity index (χ1) is 16.3. The Morgan fingerprint density at radius 2 is 1.23 bits per heavy atom. The average Bonchev–Trinajstić information content (AvgIpc) is 2.75. The van der Waals surface area contributed by atoms with Gasteiger partial charge in [0.1, 0.15) is 31.0 Å². The summed E-state index contributed by atoms with van der Waals surface area (Å²) in [6.07, 6.45) is -7.59. The monoisotopic (exact) mass is 504 g/mol. The fraction of sp³-hybridized carbons (Fsp3) is 0.826. The molecule has 0 saturated carbocycles. The van der Waals surface area contributed by atoms with E-state index in [2.05, 4.69) is 0 Å². The molecule has 0 aromatic heterocycles. The zero-order chi connectivity index (χ0) is 26.4. The highest BCUT2D eigenvalue weighted by Crippen LogP contribution is 2.36. The van der Waals surface area contributed by atoms with E-state index >= 15 is 0 Å². The van der Waals surface area contributed by atoms with Crippen LogP contribution in [0.5, 0.6) is 0 Å². The van der Waals surface area contributed by atoms with Gasteiger partial charge in [-0.2, -0.15) is 0 Å². The summed E-state index contributed by atoms with van der Waals surface area (Å²) >= 11 is 0. The van der Waals surface area contributed by atoms with Gasteiger partial charge in [-0.05, 0) is 6.42 Å². The molecular weight excluding hydrogens is 468 g/mol. The van der Waals surface area contributed by atoms with Crippen molar-refractivity contribution in [1.29, 1.82) is 0 Å². The first kappa shape index (κ1) is 29.0. The molecule has 2 aliphatic rings. The molecule has 5 unspecified atom stereocenters. The van der Waals surface area contributed by atoms with E-state index in [1.165, 1.54) is 27.7 Å². The van der Waals surface area contributed by atoms with Crippen LogP contribution in [-0.4, -0.2) is 84.8 Å². The Morgan fingerprint density at radius 3 is 1.74 bits per heavy atom. The van der Waals surface area contributed by atoms with E-state index in [9.17, 15) is 24.3 Å². The number of ether oxygens (including phenoxy) is 7. The van der Waals surface area contributed by atoms with Crippen molar-refractivity contribution in [3.63, 3.8) is 0 Å². The molecule has 0 aliphatic carbocycles. The Labute approximate surface area is 204 Å². The number of carbonyl (C=O) groups is 4. The Bertz CT molecular complexity index is 770. The maximum absolute atomic E-state index is 11.9. The molecule has 1 N–H and O–H groups in total. The van der Waals surface area contributed by atoms with Gasteiger partial charge in [-0.25, -0.2) is 0 Å². The van der Waals surface area contributed by atoms with Gasteiger partial charge in [0.15, 0.2) is 12.4 Å². The van der Waals surface area contributed by atoms with Crippen molar-refractivity contribution in [2.24, 2.45) is 11.8 Å². The highest BCUT2D eigenvalue weighted by molar-refractivity contribution is 5.67. The fourth-order valence-electron chi connectivity index (χ4n) is 4.35. The highest BCUT2D eigenvalue weighted by atomic mass is 16.8. The molecule has 12 heteroatoms. The van der Waals surface area contributed by atoms with Gasteiger partial charge in [0.25, 0.3) is 0 Å². The number of carbonyl (C=O) groups excluding carboxylic acids is 4. The summed E-state index contributed by atoms with van der Waals surface area (Å²) in [6, 6.07) is 0. The maximum Gasteiger partial charge on any atom is 0.303 e. The lowest BCUT2D eigenvalue weighted by Gasteiger charge is -2.47. The minimum Gasteiger partial charge on any atom is -0.463 e. The molecule has 10 atom stereocenters. The van der Waals surface area contributed by atoms with E-state index in [-0.39, 0.29) is 12.5 Å². The Hall–Kier alpha value is -2.28. The second kappa shape index (κ2) is 12.6. The lowest BCUT2D eigenvalue weighted by Crippen LogP contribution is -2.61. The van der Waals surface area contributed by atoms with E-state index < -0.39 is 79.0 Å². The highest BCUT2D eigenvalue weighted by Gasteiger charge is 2.52. The van der Waals surface area contributed by atoms with Crippen LogP contribution in [0.3, 0.4) is 0 Å². The molecule has 2 rings (SSSR count). The summed E-state index contributed by atoms with van der Waals surface area (Å²) in [5.41, 5.74) is 0. The molecule has 35 heavy (non-hydrogen) atoms. The molecule has 0 aromatic rings. The average molecular weight is 505 g/mol. The number of aliphatic hydroxyl groups excluding tert-OH is 1. The predicted molar refractivity (Wildman–Crippen MR) is 116 cm³/mol. The SMILES string of the molecule is CCC1O[C@H](O[C@H]2OC(COC(C)=O)[C@@H](O)C(OC(C)=O)C2C)C(OC(C)=O)[C@@H](OC(C)=O)[C@@H]1C. The second-order valence-corrected chi connectivity index (χ2v) is 8.86. The quantitative estimate of drug-likeness (QED) is 0.368. The Kier molecular flexibility index (Phi) is 10.4. The van der Waals surface area contributed by atoms with Crippen LogP contribution in [0.15, 0.2) is 0 Å². The minimum atomic E-state index is -1.30. The van der Waals surface area contributed by atoms with Gasteiger partial charge < -0.3 is 38.3 Å². The van der Waals surface area contributed by atoms with Crippen LogP contribution in [-0.2, 0) is 52.3 Å². The molecule has 2 saturated heterocycles. The third-order valence-electron chi connectivity index (χ3n) is 6.01. The maximum atomic E-state index is 11.9. The fourth-order valence-corrected chi connectivity index (χ4v) is 4.35. The number of hydrogen-bond donors (Lipinski definition) is 1. The van der Waals surface area contributed by atoms with Gasteiger partial charge in [0.05, 0.1) is 6.10 Å². The largest absolute Gasteiger partial charge is 0.463 e. The van der Waals surface area contributed by atoms with E-state index in [0.29, 0.717) is 6.42 Å². The van der Waals surface area contributed by atoms with Gasteiger partial charge in [-0.1, -0.05) is 20.8 Å². The van der Waals surface area contributed by atoms with Crippen LogP contribution in [0.4, 0.5) is 0 Å². The number of hydrogen-bond acceptors (Lipinski definition) is 12. The standard InChI is InChI=1S/C23H36O12/c1-8-16-10(2)20(31-14(6)26)21(32-15(7)27)23(33-16)35-22-11(3)19(30-13(5)25)18(28)17(34-22)9-29-12(4)24/h10-11,16-23,28H,8-9H2,1-7H3/t10-,11?,16?,17?,18-,19?,20+,21?,22-,23-/m1/s1. The van der Waals surface area contributed by atoms with Crippen LogP contribution in [0.25, 0.3) is 0 Å². The van der Waals surface area contributed by atoms with Gasteiger partial charge >= 0.3 is 23.9 Å². The Balaban J connectivity index is 2.35. The molecule has 200 valence electrons. The zero-order valence-corrected chi connectivity index (χ0v) is 21.1. The molecule has 0 amide bonds. The van der Waals surface area contributed by atoms with Crippen molar-refractivity contribution < 1.29 is 57.4 Å². The lowest BCUT2D eigenvalue weighted by molar-refractivity contribution is -0.364. The van der Waals surface area contributed by atoms with E-state index in [0.717, 1.165) is 0 Å². The van der Waals surface area contributed by atoms with Crippen molar-refractivity contribution >= 4 is 23.9 Å². The summed E-state index contributed by atoms with van der Waals surface area (Å²) in [7, 11) is 0. The normalized spacial score (nSPS) is 37.1. The lowest BCUT2D eigenvalue weighted by atomic mass is 9.88. The molecule has 0 radical (unpaired) electrons. The molecule has 0 aromatic carbocycles. The van der Waals surface area contributed by atoms with E-state index in [1.54, 1.807) is 6.92 Å². The van der Waals surface area contributed by atoms with E-state index in [1.807, 2.05) is 13.8 Å². The summed E-state index contributed by atoms with van der Waals surface area (Å²) in [6.45, 7) is 9.88. The van der Waals surface area contributed by atoms with Crippen molar-refractivity contribution in [2.45, 2.75) is 104 Å². The summed E-state index contributed by atoms with van der Waals surface area (Å²) in [4.78, 5) is 46.7. The van der Waals surface area contributed by atoms with Crippen molar-refractivity contribution in [3.8, 4) is 0 Å². The molecule has 0 spiro atoms. The summed E-state index contributed by atoms with van der Waals surface area (Å²) in [5, 5.41) is 10.7. The van der Waals surface area contributed by atoms with Crippen LogP contribution < -0.4 is 0 Å². The minimum absolute atomic E-state index is 0.315. The molecule has 12 nitrogen and oxygen atoms in total. The van der Waals surface area contributed by atoms with Gasteiger partial charge in [0, 0.05) is 39.5 Å². The number of rotatable bonds is 8. The third-order valence-corrected chi connectivity index (χ3v) is 6.01. The zero-order valence-electron chi connectivity index (χ0n) is 21.1. The summed E-state index contributed by atoms with van der Waals surface area (Å²) in [5.74, 6) is -3.42. The number of aliphatic hydroxyl groups is 1. The smallest absolute Gasteiger partial charge is 0.303 e. The first-order valence-corrected chi connectivity index (χ1v) is 11.6. The van der Waals surface area contributed by atoms with Crippen LogP contribution in [0.2, 0.25) is 0 Å². The van der Waals surface area contributed by atoms with Crippen molar-refractivity contribution in [3.05, 3.63) is 0 Å². The van der Waals surface area contributed by atoms with Gasteiger partial charge in [-0.3, -0.25) is 19.2 Å². The van der Waals surface area contributed by atoms with Crippen LogP contribution in [0, 0.1) is 11.8 Å². The van der Waals surface area contributed by atoms with Crippen LogP contribution >= 0.6 is 0 Å². The number of esters is 4. The molecule has 0 bridgehead atoms. The van der Waals surface area contributed by atoms with Gasteiger partial charge in [-0.15, -0.1) is 0 Å². The summed E-state index contributed by atoms with van der Waals surface area (Å²) < 4.78 is 39.3. The van der Waals surface area contributed by atoms with Crippen molar-refractivity contribution in [2.75, 3.05) is 6.61 Å². The van der Waals surface area contributed by atoms with Gasteiger partial charge in [0.2, 0.25) is 6.29 Å².